The van der Waals surface area contributed by atoms with Crippen molar-refractivity contribution in [3.8, 4) is 5.75 Å². The van der Waals surface area contributed by atoms with Crippen LogP contribution in [-0.2, 0) is 9.59 Å². The van der Waals surface area contributed by atoms with E-state index in [-0.39, 0.29) is 23.0 Å². The number of aliphatic hydroxyl groups is 1. The van der Waals surface area contributed by atoms with Gasteiger partial charge in [-0.3, -0.25) is 9.59 Å². The third kappa shape index (κ3) is 5.42. The fourth-order valence-corrected chi connectivity index (χ4v) is 4.04. The number of Topliss-reactive ketones (excluding diaryl/α,β-unsaturated/α-hetero) is 1. The molecule has 1 unspecified atom stereocenters. The summed E-state index contributed by atoms with van der Waals surface area (Å²) in [6.45, 7) is 10.5. The van der Waals surface area contributed by atoms with Crippen LogP contribution in [0, 0.1) is 5.82 Å². The number of likely N-dealkylation sites (tertiary alicyclic amines) is 1. The summed E-state index contributed by atoms with van der Waals surface area (Å²) < 4.78 is 19.2. The highest BCUT2D eigenvalue weighted by atomic mass is 19.1. The second kappa shape index (κ2) is 10.6. The zero-order chi connectivity index (χ0) is 24.1. The van der Waals surface area contributed by atoms with Crippen LogP contribution in [0.1, 0.15) is 44.9 Å². The molecule has 0 bridgehead atoms. The van der Waals surface area contributed by atoms with Gasteiger partial charge in [-0.1, -0.05) is 26.0 Å². The standard InChI is InChI=1S/C26H31FN2O4/c1-5-28(6-2)14-15-29-23(19-8-7-9-21(16-19)33-17(3)4)22(25(31)26(29)32)24(30)18-10-12-20(27)13-11-18/h7-13,16-17,23,30H,5-6,14-15H2,1-4H3/b24-22-. The first-order valence-corrected chi connectivity index (χ1v) is 11.3. The quantitative estimate of drug-likeness (QED) is 0.346. The molecule has 1 heterocycles. The van der Waals surface area contributed by atoms with Gasteiger partial charge < -0.3 is 19.6 Å². The molecule has 1 saturated heterocycles. The molecule has 0 aliphatic carbocycles. The van der Waals surface area contributed by atoms with Crippen LogP contribution in [0.5, 0.6) is 5.75 Å². The molecule has 6 nitrogen and oxygen atoms in total. The highest BCUT2D eigenvalue weighted by Crippen LogP contribution is 2.40. The van der Waals surface area contributed by atoms with E-state index in [0.717, 1.165) is 13.1 Å². The number of likely N-dealkylation sites (N-methyl/N-ethyl adjacent to an activating group) is 1. The van der Waals surface area contributed by atoms with E-state index >= 15 is 0 Å². The Morgan fingerprint density at radius 2 is 1.79 bits per heavy atom. The van der Waals surface area contributed by atoms with E-state index in [2.05, 4.69) is 4.90 Å². The Bertz CT molecular complexity index is 1030. The minimum Gasteiger partial charge on any atom is -0.507 e. The van der Waals surface area contributed by atoms with Crippen molar-refractivity contribution in [1.82, 2.24) is 9.80 Å². The number of hydrogen-bond donors (Lipinski definition) is 1. The van der Waals surface area contributed by atoms with Crippen LogP contribution in [0.3, 0.4) is 0 Å². The first-order chi connectivity index (χ1) is 15.8. The highest BCUT2D eigenvalue weighted by molar-refractivity contribution is 6.46. The van der Waals surface area contributed by atoms with Crippen LogP contribution in [-0.4, -0.2) is 58.9 Å². The van der Waals surface area contributed by atoms with Gasteiger partial charge in [0.05, 0.1) is 17.7 Å². The molecule has 0 saturated carbocycles. The van der Waals surface area contributed by atoms with Crippen molar-refractivity contribution < 1.29 is 23.8 Å². The van der Waals surface area contributed by atoms with Crippen LogP contribution >= 0.6 is 0 Å². The zero-order valence-electron chi connectivity index (χ0n) is 19.5. The van der Waals surface area contributed by atoms with Gasteiger partial charge in [-0.05, 0) is 68.9 Å². The van der Waals surface area contributed by atoms with Crippen molar-refractivity contribution in [2.24, 2.45) is 0 Å². The largest absolute Gasteiger partial charge is 0.507 e. The summed E-state index contributed by atoms with van der Waals surface area (Å²) in [6.07, 6.45) is -0.0477. The summed E-state index contributed by atoms with van der Waals surface area (Å²) in [5, 5.41) is 11.0. The minimum absolute atomic E-state index is 0.00662. The van der Waals surface area contributed by atoms with Crippen LogP contribution in [0.2, 0.25) is 0 Å². The van der Waals surface area contributed by atoms with E-state index < -0.39 is 23.5 Å². The Labute approximate surface area is 194 Å². The number of halogens is 1. The lowest BCUT2D eigenvalue weighted by molar-refractivity contribution is -0.140. The normalized spacial score (nSPS) is 17.9. The summed E-state index contributed by atoms with van der Waals surface area (Å²) >= 11 is 0. The predicted octanol–water partition coefficient (Wildman–Crippen LogP) is 4.38. The number of rotatable bonds is 9. The van der Waals surface area contributed by atoms with Crippen molar-refractivity contribution >= 4 is 17.4 Å². The number of nitrogens with zero attached hydrogens (tertiary/aromatic N) is 2. The Kier molecular flexibility index (Phi) is 7.87. The zero-order valence-corrected chi connectivity index (χ0v) is 19.5. The van der Waals surface area contributed by atoms with E-state index in [1.54, 1.807) is 12.1 Å². The Morgan fingerprint density at radius 3 is 2.39 bits per heavy atom. The first-order valence-electron chi connectivity index (χ1n) is 11.3. The molecule has 1 aliphatic heterocycles. The van der Waals surface area contributed by atoms with Gasteiger partial charge in [-0.2, -0.15) is 0 Å². The summed E-state index contributed by atoms with van der Waals surface area (Å²) in [5.74, 6) is -1.58. The average molecular weight is 455 g/mol. The van der Waals surface area contributed by atoms with Crippen molar-refractivity contribution in [3.05, 3.63) is 71.0 Å². The van der Waals surface area contributed by atoms with Crippen LogP contribution < -0.4 is 4.74 Å². The summed E-state index contributed by atoms with van der Waals surface area (Å²) in [7, 11) is 0. The molecule has 1 fully saturated rings. The number of benzene rings is 2. The van der Waals surface area contributed by atoms with Crippen LogP contribution in [0.25, 0.3) is 5.76 Å². The minimum atomic E-state index is -0.777. The lowest BCUT2D eigenvalue weighted by Gasteiger charge is -2.28. The highest BCUT2D eigenvalue weighted by Gasteiger charge is 2.46. The number of hydrogen-bond acceptors (Lipinski definition) is 5. The van der Waals surface area contributed by atoms with Gasteiger partial charge in [-0.25, -0.2) is 4.39 Å². The third-order valence-electron chi connectivity index (χ3n) is 5.75. The molecule has 3 rings (SSSR count). The number of ketones is 1. The lowest BCUT2D eigenvalue weighted by Crippen LogP contribution is -2.38. The molecule has 0 radical (unpaired) electrons. The fraction of sp³-hybridized carbons (Fsp3) is 0.385. The van der Waals surface area contributed by atoms with Gasteiger partial charge in [0.2, 0.25) is 0 Å². The molecule has 1 N–H and O–H groups in total. The summed E-state index contributed by atoms with van der Waals surface area (Å²) in [6, 6.07) is 11.6. The molecule has 1 amide bonds. The SMILES string of the molecule is CCN(CC)CCN1C(=O)C(=O)/C(=C(\O)c2ccc(F)cc2)C1c1cccc(OC(C)C)c1. The van der Waals surface area contributed by atoms with Crippen molar-refractivity contribution in [2.75, 3.05) is 26.2 Å². The average Bonchev–Trinajstić information content (AvgIpc) is 3.04. The molecule has 1 aliphatic rings. The number of ether oxygens (including phenoxy) is 1. The fourth-order valence-electron chi connectivity index (χ4n) is 4.04. The van der Waals surface area contributed by atoms with Gasteiger partial charge in [0.1, 0.15) is 17.3 Å². The summed E-state index contributed by atoms with van der Waals surface area (Å²) in [5.41, 5.74) is 0.932. The third-order valence-corrected chi connectivity index (χ3v) is 5.75. The Hall–Kier alpha value is -3.19. The maximum atomic E-state index is 13.4. The smallest absolute Gasteiger partial charge is 0.295 e. The second-order valence-corrected chi connectivity index (χ2v) is 8.27. The molecular formula is C26H31FN2O4. The second-order valence-electron chi connectivity index (χ2n) is 8.27. The van der Waals surface area contributed by atoms with Crippen LogP contribution in [0.4, 0.5) is 4.39 Å². The molecule has 1 atom stereocenters. The maximum absolute atomic E-state index is 13.4. The molecule has 0 aromatic heterocycles. The van der Waals surface area contributed by atoms with Gasteiger partial charge in [0.15, 0.2) is 0 Å². The van der Waals surface area contributed by atoms with Crippen molar-refractivity contribution in [1.29, 1.82) is 0 Å². The molecule has 0 spiro atoms. The van der Waals surface area contributed by atoms with Crippen LogP contribution in [0.15, 0.2) is 54.1 Å². The first kappa shape index (κ1) is 24.5. The molecule has 33 heavy (non-hydrogen) atoms. The maximum Gasteiger partial charge on any atom is 0.295 e. The number of carbonyl (C=O) groups excluding carboxylic acids is 2. The summed E-state index contributed by atoms with van der Waals surface area (Å²) in [4.78, 5) is 29.8. The molecule has 2 aromatic rings. The molecule has 176 valence electrons. The van der Waals surface area contributed by atoms with Gasteiger partial charge in [0, 0.05) is 18.7 Å². The predicted molar refractivity (Wildman–Crippen MR) is 125 cm³/mol. The van der Waals surface area contributed by atoms with E-state index in [4.69, 9.17) is 4.74 Å². The van der Waals surface area contributed by atoms with E-state index in [1.165, 1.54) is 29.2 Å². The van der Waals surface area contributed by atoms with E-state index in [9.17, 15) is 19.1 Å². The van der Waals surface area contributed by atoms with E-state index in [0.29, 0.717) is 24.4 Å². The Balaban J connectivity index is 2.10. The molecule has 2 aromatic carbocycles. The molecule has 7 heteroatoms. The van der Waals surface area contributed by atoms with Crippen molar-refractivity contribution in [2.45, 2.75) is 39.8 Å². The number of carbonyl (C=O) groups is 2. The van der Waals surface area contributed by atoms with E-state index in [1.807, 2.05) is 39.8 Å². The van der Waals surface area contributed by atoms with Crippen molar-refractivity contribution in [3.63, 3.8) is 0 Å². The van der Waals surface area contributed by atoms with Gasteiger partial charge >= 0.3 is 0 Å². The molecular weight excluding hydrogens is 423 g/mol. The van der Waals surface area contributed by atoms with Gasteiger partial charge in [-0.15, -0.1) is 0 Å². The number of aliphatic hydroxyl groups excluding tert-OH is 1. The lowest BCUT2D eigenvalue weighted by atomic mass is 9.95. The number of amides is 1. The Morgan fingerprint density at radius 1 is 1.12 bits per heavy atom. The van der Waals surface area contributed by atoms with Gasteiger partial charge in [0.25, 0.3) is 11.7 Å². The topological polar surface area (TPSA) is 70.1 Å². The monoisotopic (exact) mass is 454 g/mol.